The van der Waals surface area contributed by atoms with Gasteiger partial charge in [0.1, 0.15) is 5.76 Å². The highest BCUT2D eigenvalue weighted by Gasteiger charge is 2.31. The second-order valence-electron chi connectivity index (χ2n) is 4.35. The number of nitrogens with zero attached hydrogens (tertiary/aromatic N) is 1. The molecule has 7 heteroatoms. The van der Waals surface area contributed by atoms with Crippen LogP contribution in [-0.4, -0.2) is 25.2 Å². The number of hydrogen-bond acceptors (Lipinski definition) is 4. The van der Waals surface area contributed by atoms with E-state index in [1.165, 1.54) is 0 Å². The lowest BCUT2D eigenvalue weighted by atomic mass is 9.91. The monoisotopic (exact) mass is 370 g/mol. The molecule has 1 aliphatic carbocycles. The normalized spacial score (nSPS) is 23.0. The van der Waals surface area contributed by atoms with Crippen molar-refractivity contribution >= 4 is 40.1 Å². The number of fused-ring (bicyclic) bond motifs is 1. The van der Waals surface area contributed by atoms with Crippen LogP contribution in [0.1, 0.15) is 24.3 Å². The predicted molar refractivity (Wildman–Crippen MR) is 75.8 cm³/mol. The van der Waals surface area contributed by atoms with E-state index in [4.69, 9.17) is 4.42 Å². The zero-order valence-electron chi connectivity index (χ0n) is 9.85. The van der Waals surface area contributed by atoms with Crippen molar-refractivity contribution < 1.29 is 12.8 Å². The Bertz CT molecular complexity index is 550. The van der Waals surface area contributed by atoms with Gasteiger partial charge in [-0.25, -0.2) is 18.1 Å². The lowest BCUT2D eigenvalue weighted by Crippen LogP contribution is -2.46. The topological polar surface area (TPSA) is 72.2 Å². The van der Waals surface area contributed by atoms with Crippen LogP contribution < -0.4 is 4.72 Å². The predicted octanol–water partition coefficient (Wildman–Crippen LogP) is 1.48. The molecule has 0 bridgehead atoms. The Hall–Kier alpha value is -0.410. The molecule has 0 radical (unpaired) electrons. The van der Waals surface area contributed by atoms with Crippen LogP contribution in [0.4, 0.5) is 0 Å². The zero-order chi connectivity index (χ0) is 12.0. The summed E-state index contributed by atoms with van der Waals surface area (Å²) in [6, 6.07) is 0. The number of halogens is 1. The van der Waals surface area contributed by atoms with Crippen molar-refractivity contribution in [1.82, 2.24) is 9.71 Å². The number of hydrogen-bond donors (Lipinski definition) is 1. The Morgan fingerprint density at radius 1 is 1.53 bits per heavy atom. The second kappa shape index (κ2) is 4.69. The summed E-state index contributed by atoms with van der Waals surface area (Å²) < 4.78 is 30.4. The Kier molecular flexibility index (Phi) is 4.04. The van der Waals surface area contributed by atoms with Crippen LogP contribution in [0.15, 0.2) is 10.5 Å². The highest BCUT2D eigenvalue weighted by Crippen LogP contribution is 2.26. The maximum atomic E-state index is 11.2. The van der Waals surface area contributed by atoms with Crippen molar-refractivity contribution in [3.05, 3.63) is 23.4 Å². The fourth-order valence-corrected chi connectivity index (χ4v) is 2.89. The lowest BCUT2D eigenvalue weighted by Gasteiger charge is -2.27. The molecule has 1 atom stereocenters. The van der Waals surface area contributed by atoms with Crippen LogP contribution in [0, 0.1) is 6.92 Å². The van der Waals surface area contributed by atoms with E-state index < -0.39 is 15.6 Å². The third-order valence-electron chi connectivity index (χ3n) is 2.39. The van der Waals surface area contributed by atoms with E-state index in [0.29, 0.717) is 18.1 Å². The van der Waals surface area contributed by atoms with Gasteiger partial charge in [0.25, 0.3) is 0 Å². The highest BCUT2D eigenvalue weighted by atomic mass is 127. The van der Waals surface area contributed by atoms with Gasteiger partial charge >= 0.3 is 0 Å². The molecular weight excluding hydrogens is 355 g/mol. The molecule has 1 aromatic rings. The highest BCUT2D eigenvalue weighted by molar-refractivity contribution is 14.0. The van der Waals surface area contributed by atoms with Crippen molar-refractivity contribution in [3.63, 3.8) is 0 Å². The quantitative estimate of drug-likeness (QED) is 0.801. The van der Waals surface area contributed by atoms with Crippen LogP contribution in [0.3, 0.4) is 0 Å². The van der Waals surface area contributed by atoms with E-state index in [0.717, 1.165) is 11.9 Å². The number of sulfonamides is 1. The Morgan fingerprint density at radius 3 is 2.76 bits per heavy atom. The maximum absolute atomic E-state index is 11.2. The summed E-state index contributed by atoms with van der Waals surface area (Å²) in [6.45, 7) is 3.59. The summed E-state index contributed by atoms with van der Waals surface area (Å²) in [7, 11) is -3.24. The van der Waals surface area contributed by atoms with Crippen LogP contribution in [0.2, 0.25) is 0 Å². The Labute approximate surface area is 118 Å². The van der Waals surface area contributed by atoms with Gasteiger partial charge in [-0.3, -0.25) is 0 Å². The van der Waals surface area contributed by atoms with E-state index in [1.54, 1.807) is 19.1 Å². The van der Waals surface area contributed by atoms with Crippen molar-refractivity contribution in [2.45, 2.75) is 25.8 Å². The van der Waals surface area contributed by atoms with Crippen molar-refractivity contribution in [2.24, 2.45) is 0 Å². The molecule has 1 heterocycles. The smallest absolute Gasteiger partial charge is 0.209 e. The number of nitrogens with one attached hydrogen (secondary N) is 1. The SMILES string of the molecule is Cc1nc2c(o1)C=CC(C)(NS(C)(=O)=O)C2.I. The van der Waals surface area contributed by atoms with Crippen LogP contribution in [0.25, 0.3) is 6.08 Å². The molecule has 1 N–H and O–H groups in total. The molecule has 17 heavy (non-hydrogen) atoms. The first-order valence-corrected chi connectivity index (χ1v) is 6.81. The second-order valence-corrected chi connectivity index (χ2v) is 6.09. The molecule has 0 fully saturated rings. The number of aromatic nitrogens is 1. The van der Waals surface area contributed by atoms with Gasteiger partial charge in [0.15, 0.2) is 5.89 Å². The molecule has 0 aromatic carbocycles. The van der Waals surface area contributed by atoms with Crippen LogP contribution in [0.5, 0.6) is 0 Å². The first-order valence-electron chi connectivity index (χ1n) is 4.92. The first kappa shape index (κ1) is 14.7. The average molecular weight is 370 g/mol. The molecule has 0 spiro atoms. The van der Waals surface area contributed by atoms with Crippen molar-refractivity contribution in [2.75, 3.05) is 6.26 Å². The van der Waals surface area contributed by atoms with E-state index in [2.05, 4.69) is 9.71 Å². The van der Waals surface area contributed by atoms with Gasteiger partial charge in [0.2, 0.25) is 10.0 Å². The van der Waals surface area contributed by atoms with Gasteiger partial charge in [-0.15, -0.1) is 24.0 Å². The van der Waals surface area contributed by atoms with E-state index in [1.807, 2.05) is 6.92 Å². The Morgan fingerprint density at radius 2 is 2.18 bits per heavy atom. The van der Waals surface area contributed by atoms with Gasteiger partial charge in [-0.2, -0.15) is 0 Å². The molecule has 1 unspecified atom stereocenters. The third-order valence-corrected chi connectivity index (χ3v) is 3.23. The summed E-state index contributed by atoms with van der Waals surface area (Å²) in [5.74, 6) is 1.31. The van der Waals surface area contributed by atoms with Gasteiger partial charge in [0.05, 0.1) is 17.5 Å². The molecule has 96 valence electrons. The molecule has 1 aliphatic rings. The Balaban J connectivity index is 0.00000144. The number of oxazole rings is 1. The lowest BCUT2D eigenvalue weighted by molar-refractivity contribution is 0.478. The van der Waals surface area contributed by atoms with E-state index >= 15 is 0 Å². The van der Waals surface area contributed by atoms with Crippen molar-refractivity contribution in [3.8, 4) is 0 Å². The summed E-state index contributed by atoms with van der Waals surface area (Å²) in [6.07, 6.45) is 5.21. The maximum Gasteiger partial charge on any atom is 0.209 e. The van der Waals surface area contributed by atoms with Gasteiger partial charge < -0.3 is 4.42 Å². The summed E-state index contributed by atoms with van der Waals surface area (Å²) >= 11 is 0. The van der Waals surface area contributed by atoms with Gasteiger partial charge in [-0.1, -0.05) is 6.08 Å². The summed E-state index contributed by atoms with van der Waals surface area (Å²) in [5, 5.41) is 0. The fourth-order valence-electron chi connectivity index (χ4n) is 1.90. The van der Waals surface area contributed by atoms with Gasteiger partial charge in [-0.05, 0) is 13.0 Å². The minimum absolute atomic E-state index is 0. The standard InChI is InChI=1S/C10H14N2O3S.HI/c1-7-11-8-6-10(2,12-16(3,13)14)5-4-9(8)15-7;/h4-5,12H,6H2,1-3H3;1H. The third kappa shape index (κ3) is 3.52. The summed E-state index contributed by atoms with van der Waals surface area (Å²) in [4.78, 5) is 4.22. The summed E-state index contributed by atoms with van der Waals surface area (Å²) in [5.41, 5.74) is 0.169. The zero-order valence-corrected chi connectivity index (χ0v) is 13.0. The molecule has 5 nitrogen and oxygen atoms in total. The van der Waals surface area contributed by atoms with Crippen LogP contribution in [-0.2, 0) is 16.4 Å². The molecule has 0 aliphatic heterocycles. The molecule has 0 saturated carbocycles. The number of rotatable bonds is 2. The van der Waals surface area contributed by atoms with Gasteiger partial charge in [0, 0.05) is 13.3 Å². The fraction of sp³-hybridized carbons (Fsp3) is 0.500. The largest absolute Gasteiger partial charge is 0.441 e. The number of aryl methyl sites for hydroxylation is 1. The minimum Gasteiger partial charge on any atom is -0.441 e. The minimum atomic E-state index is -3.24. The van der Waals surface area contributed by atoms with E-state index in [9.17, 15) is 8.42 Å². The molecule has 0 amide bonds. The molecule has 2 rings (SSSR count). The molecular formula is C10H15IN2O3S. The average Bonchev–Trinajstić information content (AvgIpc) is 2.39. The van der Waals surface area contributed by atoms with Crippen molar-refractivity contribution in [1.29, 1.82) is 0 Å². The molecule has 0 saturated heterocycles. The van der Waals surface area contributed by atoms with E-state index in [-0.39, 0.29) is 24.0 Å². The molecule has 1 aromatic heterocycles. The first-order chi connectivity index (χ1) is 7.27. The van der Waals surface area contributed by atoms with Crippen LogP contribution >= 0.6 is 24.0 Å².